The van der Waals surface area contributed by atoms with Crippen LogP contribution in [0.4, 0.5) is 0 Å². The average Bonchev–Trinajstić information content (AvgIpc) is 2.87. The van der Waals surface area contributed by atoms with E-state index in [1.165, 1.54) is 11.3 Å². The van der Waals surface area contributed by atoms with E-state index in [1.807, 2.05) is 43.3 Å². The molecule has 22 heavy (non-hydrogen) atoms. The van der Waals surface area contributed by atoms with Gasteiger partial charge in [-0.15, -0.1) is 11.3 Å². The van der Waals surface area contributed by atoms with Gasteiger partial charge in [-0.3, -0.25) is 0 Å². The number of hydrogen-bond donors (Lipinski definition) is 0. The first-order valence-electron chi connectivity index (χ1n) is 6.90. The molecule has 0 aliphatic heterocycles. The maximum atomic E-state index is 12.0. The zero-order valence-corrected chi connectivity index (χ0v) is 12.9. The zero-order chi connectivity index (χ0) is 15.3. The summed E-state index contributed by atoms with van der Waals surface area (Å²) in [5.41, 5.74) is 3.37. The number of pyridine rings is 1. The second-order valence-electron chi connectivity index (χ2n) is 5.17. The van der Waals surface area contributed by atoms with E-state index in [0.29, 0.717) is 16.1 Å². The predicted octanol–water partition coefficient (Wildman–Crippen LogP) is 4.08. The Hall–Kier alpha value is -2.53. The van der Waals surface area contributed by atoms with E-state index in [2.05, 4.69) is 4.98 Å². The van der Waals surface area contributed by atoms with Crippen molar-refractivity contribution in [2.45, 2.75) is 13.8 Å². The Morgan fingerprint density at radius 2 is 1.86 bits per heavy atom. The van der Waals surface area contributed by atoms with Crippen LogP contribution in [-0.4, -0.2) is 9.97 Å². The average molecular weight is 308 g/mol. The highest BCUT2D eigenvalue weighted by Crippen LogP contribution is 2.34. The molecule has 4 nitrogen and oxygen atoms in total. The highest BCUT2D eigenvalue weighted by atomic mass is 32.1. The van der Waals surface area contributed by atoms with Gasteiger partial charge in [-0.05, 0) is 18.6 Å². The standard InChI is InChI=1S/C17H12N2O2S/c1-9-8-12(11-6-4-3-5-7-11)19-16-13(9)14-15(22-16)17(20)21-10(2)18-14/h3-8H,1-2H3. The molecule has 0 aliphatic carbocycles. The molecule has 0 spiro atoms. The molecule has 0 fully saturated rings. The summed E-state index contributed by atoms with van der Waals surface area (Å²) in [5.74, 6) is 0.378. The molecule has 0 unspecified atom stereocenters. The molecule has 0 saturated carbocycles. The Morgan fingerprint density at radius 3 is 2.64 bits per heavy atom. The number of aromatic nitrogens is 2. The Morgan fingerprint density at radius 1 is 1.09 bits per heavy atom. The minimum absolute atomic E-state index is 0.342. The van der Waals surface area contributed by atoms with Crippen molar-refractivity contribution in [1.29, 1.82) is 0 Å². The SMILES string of the molecule is Cc1nc2c(sc3nc(-c4ccccc4)cc(C)c32)c(=O)o1. The van der Waals surface area contributed by atoms with Crippen LogP contribution in [0.2, 0.25) is 0 Å². The van der Waals surface area contributed by atoms with Crippen LogP contribution in [0.5, 0.6) is 0 Å². The Balaban J connectivity index is 2.10. The number of hydrogen-bond acceptors (Lipinski definition) is 5. The summed E-state index contributed by atoms with van der Waals surface area (Å²) in [6.45, 7) is 3.71. The molecular weight excluding hydrogens is 296 g/mol. The second kappa shape index (κ2) is 4.74. The maximum absolute atomic E-state index is 12.0. The fraction of sp³-hybridized carbons (Fsp3) is 0.118. The smallest absolute Gasteiger partial charge is 0.357 e. The lowest BCUT2D eigenvalue weighted by Crippen LogP contribution is -1.99. The molecule has 0 radical (unpaired) electrons. The summed E-state index contributed by atoms with van der Waals surface area (Å²) >= 11 is 1.34. The van der Waals surface area contributed by atoms with Crippen LogP contribution in [0, 0.1) is 13.8 Å². The third kappa shape index (κ3) is 1.94. The van der Waals surface area contributed by atoms with Crippen molar-refractivity contribution in [3.8, 4) is 11.3 Å². The predicted molar refractivity (Wildman–Crippen MR) is 88.4 cm³/mol. The van der Waals surface area contributed by atoms with Crippen LogP contribution in [-0.2, 0) is 0 Å². The van der Waals surface area contributed by atoms with Gasteiger partial charge >= 0.3 is 5.63 Å². The van der Waals surface area contributed by atoms with Gasteiger partial charge in [0.1, 0.15) is 15.0 Å². The van der Waals surface area contributed by atoms with E-state index >= 15 is 0 Å². The van der Waals surface area contributed by atoms with Crippen LogP contribution in [0.25, 0.3) is 31.7 Å². The minimum atomic E-state index is -0.342. The van der Waals surface area contributed by atoms with Gasteiger partial charge < -0.3 is 4.42 Å². The van der Waals surface area contributed by atoms with Gasteiger partial charge in [-0.2, -0.15) is 0 Å². The molecule has 0 bridgehead atoms. The monoisotopic (exact) mass is 308 g/mol. The van der Waals surface area contributed by atoms with Gasteiger partial charge in [0, 0.05) is 17.9 Å². The number of aryl methyl sites for hydroxylation is 2. The number of rotatable bonds is 1. The van der Waals surface area contributed by atoms with E-state index < -0.39 is 0 Å². The highest BCUT2D eigenvalue weighted by Gasteiger charge is 2.16. The van der Waals surface area contributed by atoms with Crippen molar-refractivity contribution in [3.63, 3.8) is 0 Å². The molecule has 0 atom stereocenters. The maximum Gasteiger partial charge on any atom is 0.357 e. The summed E-state index contributed by atoms with van der Waals surface area (Å²) in [6, 6.07) is 12.0. The Kier molecular flexibility index (Phi) is 2.84. The topological polar surface area (TPSA) is 56.0 Å². The molecule has 0 N–H and O–H groups in total. The molecule has 3 heterocycles. The van der Waals surface area contributed by atoms with E-state index in [0.717, 1.165) is 27.0 Å². The first kappa shape index (κ1) is 13.2. The van der Waals surface area contributed by atoms with Crippen molar-refractivity contribution in [2.75, 3.05) is 0 Å². The summed E-state index contributed by atoms with van der Waals surface area (Å²) in [4.78, 5) is 21.9. The molecule has 3 aromatic heterocycles. The molecule has 0 saturated heterocycles. The first-order valence-corrected chi connectivity index (χ1v) is 7.72. The van der Waals surface area contributed by atoms with Gasteiger partial charge in [0.2, 0.25) is 0 Å². The van der Waals surface area contributed by atoms with Crippen LogP contribution in [0.3, 0.4) is 0 Å². The zero-order valence-electron chi connectivity index (χ0n) is 12.1. The van der Waals surface area contributed by atoms with E-state index in [1.54, 1.807) is 6.92 Å². The summed E-state index contributed by atoms with van der Waals surface area (Å²) in [7, 11) is 0. The lowest BCUT2D eigenvalue weighted by atomic mass is 10.1. The summed E-state index contributed by atoms with van der Waals surface area (Å²) in [5, 5.41) is 0.940. The molecule has 4 aromatic rings. The number of fused-ring (bicyclic) bond motifs is 3. The van der Waals surface area contributed by atoms with E-state index in [9.17, 15) is 4.79 Å². The highest BCUT2D eigenvalue weighted by molar-refractivity contribution is 7.25. The van der Waals surface area contributed by atoms with Gasteiger partial charge in [-0.1, -0.05) is 30.3 Å². The first-order chi connectivity index (χ1) is 10.6. The largest absolute Gasteiger partial charge is 0.408 e. The fourth-order valence-electron chi connectivity index (χ4n) is 2.63. The number of thiophene rings is 1. The molecule has 1 aromatic carbocycles. The van der Waals surface area contributed by atoms with Gasteiger partial charge in [0.25, 0.3) is 0 Å². The van der Waals surface area contributed by atoms with Crippen molar-refractivity contribution in [1.82, 2.24) is 9.97 Å². The Labute approximate surface area is 130 Å². The molecule has 5 heteroatoms. The third-order valence-corrected chi connectivity index (χ3v) is 4.65. The van der Waals surface area contributed by atoms with Crippen LogP contribution >= 0.6 is 11.3 Å². The van der Waals surface area contributed by atoms with E-state index in [-0.39, 0.29) is 5.63 Å². The van der Waals surface area contributed by atoms with Crippen molar-refractivity contribution in [2.24, 2.45) is 0 Å². The Bertz CT molecular complexity index is 1060. The van der Waals surface area contributed by atoms with Crippen molar-refractivity contribution >= 4 is 31.8 Å². The van der Waals surface area contributed by atoms with Gasteiger partial charge in [0.05, 0.1) is 5.69 Å². The molecule has 0 amide bonds. The third-order valence-electron chi connectivity index (χ3n) is 3.60. The summed E-state index contributed by atoms with van der Waals surface area (Å²) in [6.07, 6.45) is 0. The lowest BCUT2D eigenvalue weighted by molar-refractivity contribution is 0.468. The number of nitrogens with zero attached hydrogens (tertiary/aromatic N) is 2. The molecule has 0 aliphatic rings. The van der Waals surface area contributed by atoms with Crippen molar-refractivity contribution in [3.05, 3.63) is 58.3 Å². The molecule has 4 rings (SSSR count). The lowest BCUT2D eigenvalue weighted by Gasteiger charge is -2.03. The van der Waals surface area contributed by atoms with E-state index in [4.69, 9.17) is 9.40 Å². The normalized spacial score (nSPS) is 11.4. The van der Waals surface area contributed by atoms with Gasteiger partial charge in [-0.25, -0.2) is 14.8 Å². The number of benzene rings is 1. The minimum Gasteiger partial charge on any atom is -0.408 e. The van der Waals surface area contributed by atoms with Gasteiger partial charge in [0.15, 0.2) is 5.89 Å². The molecule has 108 valence electrons. The van der Waals surface area contributed by atoms with Crippen LogP contribution in [0.15, 0.2) is 45.6 Å². The quantitative estimate of drug-likeness (QED) is 0.531. The summed E-state index contributed by atoms with van der Waals surface area (Å²) < 4.78 is 5.62. The second-order valence-corrected chi connectivity index (χ2v) is 6.17. The molecular formula is C17H12N2O2S. The van der Waals surface area contributed by atoms with Crippen LogP contribution < -0.4 is 5.63 Å². The fourth-order valence-corrected chi connectivity index (χ4v) is 3.69. The van der Waals surface area contributed by atoms with Crippen molar-refractivity contribution < 1.29 is 4.42 Å². The van der Waals surface area contributed by atoms with Crippen LogP contribution in [0.1, 0.15) is 11.5 Å².